The summed E-state index contributed by atoms with van der Waals surface area (Å²) in [4.78, 5) is 17.9. The van der Waals surface area contributed by atoms with Crippen LogP contribution in [0.5, 0.6) is 0 Å². The highest BCUT2D eigenvalue weighted by Crippen LogP contribution is 2.65. The Labute approximate surface area is 151 Å². The molecular weight excluding hydrogens is 308 g/mol. The molecule has 4 atom stereocenters. The molecule has 1 amide bonds. The SMILES string of the molecule is CCC(=O)N1c2ccccc2[C@]23CCN4CCC[C@](CC)(CC[C@@H]12)[C@@H]43. The largest absolute Gasteiger partial charge is 0.308 e. The van der Waals surface area contributed by atoms with Gasteiger partial charge in [-0.05, 0) is 68.7 Å². The Morgan fingerprint density at radius 2 is 2.00 bits per heavy atom. The first kappa shape index (κ1) is 15.9. The monoisotopic (exact) mass is 338 g/mol. The number of nitrogens with zero attached hydrogens (tertiary/aromatic N) is 2. The summed E-state index contributed by atoms with van der Waals surface area (Å²) in [6, 6.07) is 9.87. The molecule has 0 bridgehead atoms. The summed E-state index contributed by atoms with van der Waals surface area (Å²) in [5.74, 6) is 0.313. The predicted molar refractivity (Wildman–Crippen MR) is 101 cm³/mol. The number of anilines is 1. The van der Waals surface area contributed by atoms with Gasteiger partial charge in [-0.25, -0.2) is 0 Å². The number of carbonyl (C=O) groups excluding carboxylic acids is 1. The lowest BCUT2D eigenvalue weighted by molar-refractivity contribution is -0.119. The average molecular weight is 338 g/mol. The van der Waals surface area contributed by atoms with Gasteiger partial charge in [0, 0.05) is 29.6 Å². The molecule has 0 aromatic heterocycles. The summed E-state index contributed by atoms with van der Waals surface area (Å²) in [5, 5.41) is 0. The maximum Gasteiger partial charge on any atom is 0.226 e. The lowest BCUT2D eigenvalue weighted by atomic mass is 9.52. The van der Waals surface area contributed by atoms with Crippen LogP contribution in [0.2, 0.25) is 0 Å². The Kier molecular flexibility index (Phi) is 3.38. The molecule has 1 aliphatic carbocycles. The van der Waals surface area contributed by atoms with Gasteiger partial charge in [-0.2, -0.15) is 0 Å². The third-order valence-electron chi connectivity index (χ3n) is 8.13. The van der Waals surface area contributed by atoms with Crippen LogP contribution < -0.4 is 4.90 Å². The Balaban J connectivity index is 1.73. The zero-order valence-electron chi connectivity index (χ0n) is 15.6. The van der Waals surface area contributed by atoms with Gasteiger partial charge >= 0.3 is 0 Å². The fraction of sp³-hybridized carbons (Fsp3) is 0.682. The Morgan fingerprint density at radius 3 is 2.80 bits per heavy atom. The summed E-state index contributed by atoms with van der Waals surface area (Å²) >= 11 is 0. The molecule has 4 aliphatic rings. The van der Waals surface area contributed by atoms with E-state index in [2.05, 4.69) is 41.0 Å². The van der Waals surface area contributed by atoms with Crippen LogP contribution in [0.15, 0.2) is 24.3 Å². The molecule has 3 fully saturated rings. The number of piperidine rings is 1. The summed E-state index contributed by atoms with van der Waals surface area (Å²) in [6.07, 6.45) is 8.32. The van der Waals surface area contributed by atoms with E-state index in [1.54, 1.807) is 0 Å². The molecule has 3 heterocycles. The van der Waals surface area contributed by atoms with Crippen molar-refractivity contribution >= 4 is 11.6 Å². The highest BCUT2D eigenvalue weighted by atomic mass is 16.2. The van der Waals surface area contributed by atoms with Gasteiger partial charge in [0.1, 0.15) is 0 Å². The van der Waals surface area contributed by atoms with Crippen molar-refractivity contribution in [1.82, 2.24) is 4.90 Å². The predicted octanol–water partition coefficient (Wildman–Crippen LogP) is 4.11. The third kappa shape index (κ3) is 1.78. The first-order valence-corrected chi connectivity index (χ1v) is 10.3. The second-order valence-corrected chi connectivity index (χ2v) is 8.74. The Morgan fingerprint density at radius 1 is 1.16 bits per heavy atom. The molecule has 134 valence electrons. The molecule has 1 aromatic carbocycles. The van der Waals surface area contributed by atoms with E-state index < -0.39 is 0 Å². The number of hydrogen-bond acceptors (Lipinski definition) is 2. The smallest absolute Gasteiger partial charge is 0.226 e. The molecule has 1 saturated carbocycles. The maximum atomic E-state index is 12.9. The third-order valence-corrected chi connectivity index (χ3v) is 8.13. The van der Waals surface area contributed by atoms with Crippen molar-refractivity contribution in [2.45, 2.75) is 76.3 Å². The molecule has 0 N–H and O–H groups in total. The van der Waals surface area contributed by atoms with E-state index in [1.807, 2.05) is 6.92 Å². The lowest BCUT2D eigenvalue weighted by Crippen LogP contribution is -2.65. The van der Waals surface area contributed by atoms with E-state index in [0.29, 0.717) is 29.8 Å². The number of fused-ring (bicyclic) bond motifs is 1. The minimum absolute atomic E-state index is 0.177. The van der Waals surface area contributed by atoms with E-state index >= 15 is 0 Å². The normalized spacial score (nSPS) is 39.0. The number of hydrogen-bond donors (Lipinski definition) is 0. The molecule has 1 aromatic rings. The first-order valence-electron chi connectivity index (χ1n) is 10.3. The van der Waals surface area contributed by atoms with Crippen molar-refractivity contribution in [2.75, 3.05) is 18.0 Å². The van der Waals surface area contributed by atoms with Crippen LogP contribution in [0.3, 0.4) is 0 Å². The zero-order chi connectivity index (χ0) is 17.2. The van der Waals surface area contributed by atoms with Gasteiger partial charge in [0.2, 0.25) is 5.91 Å². The second-order valence-electron chi connectivity index (χ2n) is 8.74. The molecule has 5 rings (SSSR count). The van der Waals surface area contributed by atoms with Gasteiger partial charge in [0.25, 0.3) is 0 Å². The Bertz CT molecular complexity index is 716. The van der Waals surface area contributed by atoms with Crippen LogP contribution >= 0.6 is 0 Å². The molecule has 0 unspecified atom stereocenters. The molecule has 1 spiro atoms. The van der Waals surface area contributed by atoms with Crippen molar-refractivity contribution in [3.63, 3.8) is 0 Å². The number of benzene rings is 1. The molecule has 3 heteroatoms. The number of rotatable bonds is 2. The fourth-order valence-electron chi connectivity index (χ4n) is 7.25. The van der Waals surface area contributed by atoms with E-state index in [0.717, 1.165) is 0 Å². The van der Waals surface area contributed by atoms with Crippen LogP contribution in [-0.4, -0.2) is 36.0 Å². The summed E-state index contributed by atoms with van der Waals surface area (Å²) < 4.78 is 0. The minimum atomic E-state index is 0.177. The van der Waals surface area contributed by atoms with Crippen molar-refractivity contribution in [3.8, 4) is 0 Å². The van der Waals surface area contributed by atoms with E-state index in [1.165, 1.54) is 62.9 Å². The van der Waals surface area contributed by atoms with E-state index in [4.69, 9.17) is 0 Å². The molecule has 3 aliphatic heterocycles. The highest BCUT2D eigenvalue weighted by molar-refractivity contribution is 5.97. The topological polar surface area (TPSA) is 23.6 Å². The molecule has 2 saturated heterocycles. The lowest BCUT2D eigenvalue weighted by Gasteiger charge is -2.58. The van der Waals surface area contributed by atoms with Crippen molar-refractivity contribution in [1.29, 1.82) is 0 Å². The second kappa shape index (κ2) is 5.33. The van der Waals surface area contributed by atoms with Crippen LogP contribution in [-0.2, 0) is 10.2 Å². The van der Waals surface area contributed by atoms with Gasteiger partial charge in [-0.15, -0.1) is 0 Å². The molecular formula is C22H30N2O. The van der Waals surface area contributed by atoms with Crippen LogP contribution in [0.1, 0.15) is 64.4 Å². The number of amides is 1. The van der Waals surface area contributed by atoms with Gasteiger partial charge in [0.05, 0.1) is 0 Å². The number of para-hydroxylation sites is 1. The van der Waals surface area contributed by atoms with Gasteiger partial charge in [-0.1, -0.05) is 32.0 Å². The highest BCUT2D eigenvalue weighted by Gasteiger charge is 2.68. The quantitative estimate of drug-likeness (QED) is 0.810. The van der Waals surface area contributed by atoms with E-state index in [-0.39, 0.29) is 5.41 Å². The number of carbonyl (C=O) groups is 1. The molecule has 3 nitrogen and oxygen atoms in total. The summed E-state index contributed by atoms with van der Waals surface area (Å²) in [7, 11) is 0. The average Bonchev–Trinajstić information content (AvgIpc) is 3.19. The molecule has 0 radical (unpaired) electrons. The summed E-state index contributed by atoms with van der Waals surface area (Å²) in [6.45, 7) is 6.89. The fourth-order valence-corrected chi connectivity index (χ4v) is 7.25. The van der Waals surface area contributed by atoms with Crippen molar-refractivity contribution in [2.24, 2.45) is 5.41 Å². The van der Waals surface area contributed by atoms with Gasteiger partial charge < -0.3 is 4.90 Å². The zero-order valence-corrected chi connectivity index (χ0v) is 15.6. The van der Waals surface area contributed by atoms with Gasteiger partial charge in [-0.3, -0.25) is 9.69 Å². The Hall–Kier alpha value is -1.35. The van der Waals surface area contributed by atoms with Gasteiger partial charge in [0.15, 0.2) is 0 Å². The van der Waals surface area contributed by atoms with Crippen LogP contribution in [0.25, 0.3) is 0 Å². The van der Waals surface area contributed by atoms with Crippen molar-refractivity contribution in [3.05, 3.63) is 29.8 Å². The van der Waals surface area contributed by atoms with Crippen LogP contribution in [0.4, 0.5) is 5.69 Å². The van der Waals surface area contributed by atoms with Crippen LogP contribution in [0, 0.1) is 5.41 Å². The standard InChI is InChI=1S/C22H30N2O/c1-3-19(25)24-17-9-6-5-8-16(17)22-13-15-23-14-7-11-21(4-2,20(22)23)12-10-18(22)24/h5-6,8-9,18,20H,3-4,7,10-15H2,1-2H3/t18-,20-,21-,22-/m1/s1. The minimum Gasteiger partial charge on any atom is -0.308 e. The van der Waals surface area contributed by atoms with Crippen molar-refractivity contribution < 1.29 is 4.79 Å². The maximum absolute atomic E-state index is 12.9. The molecule has 25 heavy (non-hydrogen) atoms. The first-order chi connectivity index (χ1) is 12.2. The van der Waals surface area contributed by atoms with E-state index in [9.17, 15) is 4.79 Å². The summed E-state index contributed by atoms with van der Waals surface area (Å²) in [5.41, 5.74) is 3.34.